The highest BCUT2D eigenvalue weighted by Crippen LogP contribution is 2.17. The minimum absolute atomic E-state index is 0.00996. The summed E-state index contributed by atoms with van der Waals surface area (Å²) in [6, 6.07) is -1.59. The Balaban J connectivity index is 2.40. The van der Waals surface area contributed by atoms with Gasteiger partial charge in [0, 0.05) is 32.5 Å². The maximum Gasteiger partial charge on any atom is 0.326 e. The summed E-state index contributed by atoms with van der Waals surface area (Å²) in [4.78, 5) is 34.9. The first-order valence-electron chi connectivity index (χ1n) is 6.17. The number of β-amino-alcohol motifs (C(OH)–C–C–N with tert-alkyl or cyclic N) is 1. The second kappa shape index (κ2) is 6.93. The number of likely N-dealkylation sites (tertiary alicyclic amines) is 1. The minimum atomic E-state index is -1.14. The molecule has 1 fully saturated rings. The lowest BCUT2D eigenvalue weighted by Gasteiger charge is -2.21. The number of hydrogen-bond acceptors (Lipinski definition) is 4. The van der Waals surface area contributed by atoms with Crippen molar-refractivity contribution in [3.63, 3.8) is 0 Å². The van der Waals surface area contributed by atoms with Crippen LogP contribution in [0.2, 0.25) is 0 Å². The fourth-order valence-electron chi connectivity index (χ4n) is 1.94. The Labute approximate surface area is 110 Å². The van der Waals surface area contributed by atoms with E-state index in [0.29, 0.717) is 6.54 Å². The van der Waals surface area contributed by atoms with E-state index in [9.17, 15) is 19.5 Å². The quantitative estimate of drug-likeness (QED) is 0.498. The van der Waals surface area contributed by atoms with E-state index < -0.39 is 24.1 Å². The van der Waals surface area contributed by atoms with E-state index in [0.717, 1.165) is 4.90 Å². The van der Waals surface area contributed by atoms with Crippen LogP contribution in [0.3, 0.4) is 0 Å². The SMILES string of the molecule is CCNC(=O)CCNC(=O)N1C[C@H](O)C[C@@H]1C(=O)O. The van der Waals surface area contributed by atoms with Gasteiger partial charge in [-0.05, 0) is 6.92 Å². The smallest absolute Gasteiger partial charge is 0.326 e. The molecule has 3 amide bonds. The number of aliphatic carboxylic acids is 1. The number of carbonyl (C=O) groups excluding carboxylic acids is 2. The Bertz CT molecular complexity index is 360. The Morgan fingerprint density at radius 1 is 1.32 bits per heavy atom. The third-order valence-electron chi connectivity index (χ3n) is 2.83. The molecule has 8 nitrogen and oxygen atoms in total. The molecule has 0 radical (unpaired) electrons. The molecule has 4 N–H and O–H groups in total. The van der Waals surface area contributed by atoms with Crippen LogP contribution < -0.4 is 10.6 Å². The molecule has 0 aromatic carbocycles. The molecule has 0 saturated carbocycles. The summed E-state index contributed by atoms with van der Waals surface area (Å²) in [5, 5.41) is 23.4. The van der Waals surface area contributed by atoms with Crippen molar-refractivity contribution < 1.29 is 24.6 Å². The van der Waals surface area contributed by atoms with Crippen LogP contribution in [0.25, 0.3) is 0 Å². The van der Waals surface area contributed by atoms with Gasteiger partial charge in [-0.2, -0.15) is 0 Å². The van der Waals surface area contributed by atoms with Gasteiger partial charge in [0.2, 0.25) is 5.91 Å². The molecule has 1 heterocycles. The predicted molar refractivity (Wildman–Crippen MR) is 65.5 cm³/mol. The van der Waals surface area contributed by atoms with Gasteiger partial charge in [0.1, 0.15) is 6.04 Å². The maximum atomic E-state index is 11.8. The summed E-state index contributed by atoms with van der Waals surface area (Å²) in [6.07, 6.45) is -0.664. The summed E-state index contributed by atoms with van der Waals surface area (Å²) in [5.74, 6) is -1.32. The molecule has 0 unspecified atom stereocenters. The van der Waals surface area contributed by atoms with Crippen LogP contribution in [-0.4, -0.2) is 64.8 Å². The number of carbonyl (C=O) groups is 3. The number of urea groups is 1. The third-order valence-corrected chi connectivity index (χ3v) is 2.83. The Morgan fingerprint density at radius 2 is 2.00 bits per heavy atom. The molecule has 0 bridgehead atoms. The Hall–Kier alpha value is -1.83. The van der Waals surface area contributed by atoms with Gasteiger partial charge in [-0.25, -0.2) is 9.59 Å². The molecule has 2 atom stereocenters. The normalized spacial score (nSPS) is 22.1. The van der Waals surface area contributed by atoms with Crippen molar-refractivity contribution in [1.29, 1.82) is 0 Å². The molecule has 108 valence electrons. The minimum Gasteiger partial charge on any atom is -0.480 e. The van der Waals surface area contributed by atoms with Crippen molar-refractivity contribution in [2.24, 2.45) is 0 Å². The highest BCUT2D eigenvalue weighted by molar-refractivity contribution is 5.84. The fourth-order valence-corrected chi connectivity index (χ4v) is 1.94. The van der Waals surface area contributed by atoms with Crippen molar-refractivity contribution in [2.75, 3.05) is 19.6 Å². The van der Waals surface area contributed by atoms with Gasteiger partial charge in [-0.3, -0.25) is 4.79 Å². The van der Waals surface area contributed by atoms with E-state index >= 15 is 0 Å². The first kappa shape index (κ1) is 15.2. The Morgan fingerprint density at radius 3 is 2.58 bits per heavy atom. The molecule has 19 heavy (non-hydrogen) atoms. The van der Waals surface area contributed by atoms with Gasteiger partial charge in [0.25, 0.3) is 0 Å². The second-order valence-corrected chi connectivity index (χ2v) is 4.33. The third kappa shape index (κ3) is 4.40. The van der Waals surface area contributed by atoms with Gasteiger partial charge >= 0.3 is 12.0 Å². The van der Waals surface area contributed by atoms with E-state index in [4.69, 9.17) is 5.11 Å². The summed E-state index contributed by atoms with van der Waals surface area (Å²) >= 11 is 0. The number of amides is 3. The number of carboxylic acid groups (broad SMARTS) is 1. The molecule has 0 aromatic heterocycles. The van der Waals surface area contributed by atoms with Gasteiger partial charge < -0.3 is 25.7 Å². The van der Waals surface area contributed by atoms with E-state index in [1.54, 1.807) is 6.92 Å². The van der Waals surface area contributed by atoms with E-state index in [1.807, 2.05) is 0 Å². The summed E-state index contributed by atoms with van der Waals surface area (Å²) in [5.41, 5.74) is 0. The largest absolute Gasteiger partial charge is 0.480 e. The van der Waals surface area contributed by atoms with Crippen molar-refractivity contribution in [3.05, 3.63) is 0 Å². The van der Waals surface area contributed by atoms with E-state index in [-0.39, 0.29) is 31.8 Å². The number of nitrogens with one attached hydrogen (secondary N) is 2. The molecule has 1 aliphatic rings. The van der Waals surface area contributed by atoms with Gasteiger partial charge in [-0.1, -0.05) is 0 Å². The van der Waals surface area contributed by atoms with E-state index in [2.05, 4.69) is 10.6 Å². The van der Waals surface area contributed by atoms with Crippen molar-refractivity contribution in [3.8, 4) is 0 Å². The lowest BCUT2D eigenvalue weighted by Crippen LogP contribution is -2.46. The Kier molecular flexibility index (Phi) is 5.56. The lowest BCUT2D eigenvalue weighted by molar-refractivity contribution is -0.141. The zero-order valence-corrected chi connectivity index (χ0v) is 10.8. The number of aliphatic hydroxyl groups is 1. The number of carboxylic acids is 1. The standard InChI is InChI=1S/C11H19N3O5/c1-2-12-9(16)3-4-13-11(19)14-6-7(15)5-8(14)10(17)18/h7-8,15H,2-6H2,1H3,(H,12,16)(H,13,19)(H,17,18)/t7-,8-/m1/s1. The average Bonchev–Trinajstić information content (AvgIpc) is 2.72. The van der Waals surface area contributed by atoms with Crippen molar-refractivity contribution in [1.82, 2.24) is 15.5 Å². The maximum absolute atomic E-state index is 11.8. The zero-order valence-electron chi connectivity index (χ0n) is 10.8. The zero-order chi connectivity index (χ0) is 14.4. The fraction of sp³-hybridized carbons (Fsp3) is 0.727. The van der Waals surface area contributed by atoms with Crippen LogP contribution in [0.15, 0.2) is 0 Å². The summed E-state index contributed by atoms with van der Waals surface area (Å²) in [7, 11) is 0. The number of aliphatic hydroxyl groups excluding tert-OH is 1. The predicted octanol–water partition coefficient (Wildman–Crippen LogP) is -1.26. The second-order valence-electron chi connectivity index (χ2n) is 4.33. The van der Waals surface area contributed by atoms with Crippen LogP contribution in [0.1, 0.15) is 19.8 Å². The number of rotatable bonds is 5. The molecular weight excluding hydrogens is 254 g/mol. The molecule has 8 heteroatoms. The van der Waals surface area contributed by atoms with Crippen LogP contribution in [-0.2, 0) is 9.59 Å². The molecular formula is C11H19N3O5. The van der Waals surface area contributed by atoms with Crippen molar-refractivity contribution in [2.45, 2.75) is 31.9 Å². The average molecular weight is 273 g/mol. The monoisotopic (exact) mass is 273 g/mol. The topological polar surface area (TPSA) is 119 Å². The molecule has 0 aliphatic carbocycles. The van der Waals surface area contributed by atoms with Crippen LogP contribution in [0.5, 0.6) is 0 Å². The highest BCUT2D eigenvalue weighted by atomic mass is 16.4. The summed E-state index contributed by atoms with van der Waals surface area (Å²) < 4.78 is 0. The molecule has 0 spiro atoms. The lowest BCUT2D eigenvalue weighted by atomic mass is 10.2. The number of nitrogens with zero attached hydrogens (tertiary/aromatic N) is 1. The van der Waals surface area contributed by atoms with Gasteiger partial charge in [-0.15, -0.1) is 0 Å². The molecule has 0 aromatic rings. The van der Waals surface area contributed by atoms with Crippen LogP contribution in [0, 0.1) is 0 Å². The van der Waals surface area contributed by atoms with Crippen LogP contribution in [0.4, 0.5) is 4.79 Å². The first-order valence-corrected chi connectivity index (χ1v) is 6.17. The van der Waals surface area contributed by atoms with Gasteiger partial charge in [0.15, 0.2) is 0 Å². The van der Waals surface area contributed by atoms with Crippen LogP contribution >= 0.6 is 0 Å². The van der Waals surface area contributed by atoms with Gasteiger partial charge in [0.05, 0.1) is 6.10 Å². The van der Waals surface area contributed by atoms with E-state index in [1.165, 1.54) is 0 Å². The molecule has 1 rings (SSSR count). The van der Waals surface area contributed by atoms with Crippen molar-refractivity contribution >= 4 is 17.9 Å². The first-order chi connectivity index (χ1) is 8.95. The summed E-state index contributed by atoms with van der Waals surface area (Å²) in [6.45, 7) is 2.43. The molecule has 1 saturated heterocycles. The highest BCUT2D eigenvalue weighted by Gasteiger charge is 2.38. The number of hydrogen-bond donors (Lipinski definition) is 4. The molecule has 1 aliphatic heterocycles.